The van der Waals surface area contributed by atoms with Gasteiger partial charge in [0.15, 0.2) is 0 Å². The highest BCUT2D eigenvalue weighted by Crippen LogP contribution is 2.22. The van der Waals surface area contributed by atoms with Gasteiger partial charge in [0.25, 0.3) is 0 Å². The highest BCUT2D eigenvalue weighted by molar-refractivity contribution is 5.93. The van der Waals surface area contributed by atoms with Crippen LogP contribution in [0, 0.1) is 13.8 Å². The first kappa shape index (κ1) is 18.1. The number of likely N-dealkylation sites (N-methyl/N-ethyl adjacent to an activating group) is 1. The van der Waals surface area contributed by atoms with Crippen LogP contribution in [0.25, 0.3) is 11.0 Å². The Morgan fingerprint density at radius 3 is 2.54 bits per heavy atom. The van der Waals surface area contributed by atoms with Crippen LogP contribution in [-0.2, 0) is 17.8 Å². The maximum Gasteiger partial charge on any atom is 0.246 e. The molecule has 3 rings (SSSR count). The number of rotatable bonds is 6. The number of amides is 1. The molecule has 5 heteroatoms. The first-order valence-corrected chi connectivity index (χ1v) is 8.90. The summed E-state index contributed by atoms with van der Waals surface area (Å²) in [6.07, 6.45) is 1.27. The summed E-state index contributed by atoms with van der Waals surface area (Å²) in [7, 11) is 1.79. The lowest BCUT2D eigenvalue weighted by Crippen LogP contribution is -2.30. The third-order valence-electron chi connectivity index (χ3n) is 4.81. The fourth-order valence-electron chi connectivity index (χ4n) is 3.07. The third kappa shape index (κ3) is 3.63. The molecule has 0 atom stereocenters. The van der Waals surface area contributed by atoms with Crippen molar-refractivity contribution in [2.24, 2.45) is 0 Å². The lowest BCUT2D eigenvalue weighted by molar-refractivity contribution is -0.118. The predicted molar refractivity (Wildman–Crippen MR) is 104 cm³/mol. The quantitative estimate of drug-likeness (QED) is 0.742. The minimum Gasteiger partial charge on any atom is -0.396 e. The van der Waals surface area contributed by atoms with Gasteiger partial charge in [-0.1, -0.05) is 18.2 Å². The number of hydrogen-bond acceptors (Lipinski definition) is 3. The minimum atomic E-state index is -0.000948. The molecule has 1 amide bonds. The number of nitrogens with zero attached hydrogens (tertiary/aromatic N) is 3. The summed E-state index contributed by atoms with van der Waals surface area (Å²) in [6, 6.07) is 13.8. The molecule has 0 spiro atoms. The van der Waals surface area contributed by atoms with Crippen LogP contribution in [0.4, 0.5) is 5.69 Å². The van der Waals surface area contributed by atoms with E-state index < -0.39 is 0 Å². The zero-order valence-corrected chi connectivity index (χ0v) is 15.6. The Morgan fingerprint density at radius 2 is 1.85 bits per heavy atom. The van der Waals surface area contributed by atoms with Gasteiger partial charge < -0.3 is 14.6 Å². The largest absolute Gasteiger partial charge is 0.396 e. The van der Waals surface area contributed by atoms with E-state index in [1.54, 1.807) is 11.9 Å². The van der Waals surface area contributed by atoms with Crippen LogP contribution < -0.4 is 4.90 Å². The number of aryl methyl sites for hydroxylation is 3. The monoisotopic (exact) mass is 351 g/mol. The zero-order chi connectivity index (χ0) is 18.7. The van der Waals surface area contributed by atoms with Crippen LogP contribution in [0.3, 0.4) is 0 Å². The molecule has 0 aliphatic rings. The van der Waals surface area contributed by atoms with E-state index in [-0.39, 0.29) is 19.1 Å². The number of fused-ring (bicyclic) bond motifs is 1. The van der Waals surface area contributed by atoms with E-state index in [2.05, 4.69) is 26.0 Å². The summed E-state index contributed by atoms with van der Waals surface area (Å²) in [5, 5.41) is 9.19. The number of aliphatic hydroxyl groups is 1. The predicted octanol–water partition coefficient (Wildman–Crippen LogP) is 3.24. The second kappa shape index (κ2) is 7.70. The van der Waals surface area contributed by atoms with Crippen molar-refractivity contribution in [3.8, 4) is 0 Å². The number of carbonyl (C=O) groups is 1. The van der Waals surface area contributed by atoms with E-state index in [0.717, 1.165) is 22.5 Å². The van der Waals surface area contributed by atoms with Gasteiger partial charge in [0.2, 0.25) is 5.91 Å². The standard InChI is InChI=1S/C21H25N3O2/c1-15-12-18-19(13-16(15)2)24(20(22-18)10-7-11-25)14-21(26)23(3)17-8-5-4-6-9-17/h4-6,8-9,12-13,25H,7,10-11,14H2,1-3H3. The molecule has 136 valence electrons. The molecular formula is C21H25N3O2. The van der Waals surface area contributed by atoms with Gasteiger partial charge in [-0.2, -0.15) is 0 Å². The van der Waals surface area contributed by atoms with Crippen molar-refractivity contribution in [2.45, 2.75) is 33.2 Å². The fraction of sp³-hybridized carbons (Fsp3) is 0.333. The third-order valence-corrected chi connectivity index (χ3v) is 4.81. The smallest absolute Gasteiger partial charge is 0.246 e. The Bertz CT molecular complexity index is 916. The van der Waals surface area contributed by atoms with E-state index in [1.807, 2.05) is 34.9 Å². The topological polar surface area (TPSA) is 58.4 Å². The first-order chi connectivity index (χ1) is 12.5. The molecule has 0 saturated heterocycles. The Kier molecular flexibility index (Phi) is 5.38. The minimum absolute atomic E-state index is 0.000948. The van der Waals surface area contributed by atoms with Crippen molar-refractivity contribution in [3.05, 3.63) is 59.4 Å². The van der Waals surface area contributed by atoms with Crippen LogP contribution in [0.5, 0.6) is 0 Å². The van der Waals surface area contributed by atoms with Gasteiger partial charge in [0.05, 0.1) is 11.0 Å². The molecule has 1 aromatic heterocycles. The molecule has 3 aromatic rings. The van der Waals surface area contributed by atoms with Crippen molar-refractivity contribution in [2.75, 3.05) is 18.6 Å². The van der Waals surface area contributed by atoms with Gasteiger partial charge in [-0.3, -0.25) is 4.79 Å². The number of aromatic nitrogens is 2. The molecule has 2 aromatic carbocycles. The van der Waals surface area contributed by atoms with Crippen molar-refractivity contribution >= 4 is 22.6 Å². The normalized spacial score (nSPS) is 11.1. The van der Waals surface area contributed by atoms with Gasteiger partial charge in [0, 0.05) is 25.8 Å². The molecule has 0 bridgehead atoms. The van der Waals surface area contributed by atoms with Gasteiger partial charge in [-0.15, -0.1) is 0 Å². The summed E-state index contributed by atoms with van der Waals surface area (Å²) in [5.74, 6) is 0.841. The molecule has 5 nitrogen and oxygen atoms in total. The van der Waals surface area contributed by atoms with Crippen molar-refractivity contribution in [3.63, 3.8) is 0 Å². The van der Waals surface area contributed by atoms with E-state index >= 15 is 0 Å². The van der Waals surface area contributed by atoms with Crippen molar-refractivity contribution < 1.29 is 9.90 Å². The number of hydrogen-bond donors (Lipinski definition) is 1. The Morgan fingerprint density at radius 1 is 1.15 bits per heavy atom. The highest BCUT2D eigenvalue weighted by atomic mass is 16.3. The first-order valence-electron chi connectivity index (χ1n) is 8.90. The van der Waals surface area contributed by atoms with Gasteiger partial charge >= 0.3 is 0 Å². The molecule has 0 saturated carbocycles. The summed E-state index contributed by atoms with van der Waals surface area (Å²) >= 11 is 0. The van der Waals surface area contributed by atoms with Crippen LogP contribution in [0.1, 0.15) is 23.4 Å². The Hall–Kier alpha value is -2.66. The number of carbonyl (C=O) groups excluding carboxylic acids is 1. The average Bonchev–Trinajstić information content (AvgIpc) is 2.97. The number of para-hydroxylation sites is 1. The number of anilines is 1. The molecule has 1 N–H and O–H groups in total. The van der Waals surface area contributed by atoms with E-state index in [4.69, 9.17) is 4.98 Å². The van der Waals surface area contributed by atoms with Gasteiger partial charge in [-0.25, -0.2) is 4.98 Å². The lowest BCUT2D eigenvalue weighted by Gasteiger charge is -2.19. The summed E-state index contributed by atoms with van der Waals surface area (Å²) in [4.78, 5) is 19.2. The van der Waals surface area contributed by atoms with Crippen molar-refractivity contribution in [1.29, 1.82) is 0 Å². The van der Waals surface area contributed by atoms with Gasteiger partial charge in [-0.05, 0) is 55.7 Å². The second-order valence-corrected chi connectivity index (χ2v) is 6.65. The van der Waals surface area contributed by atoms with Crippen LogP contribution in [0.15, 0.2) is 42.5 Å². The molecule has 0 radical (unpaired) electrons. The second-order valence-electron chi connectivity index (χ2n) is 6.65. The molecule has 26 heavy (non-hydrogen) atoms. The molecule has 0 aliphatic heterocycles. The SMILES string of the molecule is Cc1cc2nc(CCCO)n(CC(=O)N(C)c3ccccc3)c2cc1C. The molecular weight excluding hydrogens is 326 g/mol. The van der Waals surface area contributed by atoms with E-state index in [9.17, 15) is 9.90 Å². The van der Waals surface area contributed by atoms with E-state index in [0.29, 0.717) is 12.8 Å². The number of benzene rings is 2. The highest BCUT2D eigenvalue weighted by Gasteiger charge is 2.17. The van der Waals surface area contributed by atoms with Gasteiger partial charge in [0.1, 0.15) is 12.4 Å². The van der Waals surface area contributed by atoms with Crippen LogP contribution in [0.2, 0.25) is 0 Å². The fourth-order valence-corrected chi connectivity index (χ4v) is 3.07. The van der Waals surface area contributed by atoms with Crippen LogP contribution in [-0.4, -0.2) is 34.2 Å². The zero-order valence-electron chi connectivity index (χ0n) is 15.6. The maximum absolute atomic E-state index is 12.9. The van der Waals surface area contributed by atoms with Crippen molar-refractivity contribution in [1.82, 2.24) is 9.55 Å². The number of aliphatic hydroxyl groups excluding tert-OH is 1. The Balaban J connectivity index is 1.96. The summed E-state index contributed by atoms with van der Waals surface area (Å²) in [5.41, 5.74) is 5.10. The maximum atomic E-state index is 12.9. The summed E-state index contributed by atoms with van der Waals surface area (Å²) in [6.45, 7) is 4.47. The Labute approximate surface area is 153 Å². The molecule has 0 unspecified atom stereocenters. The molecule has 0 fully saturated rings. The van der Waals surface area contributed by atoms with E-state index in [1.165, 1.54) is 11.1 Å². The van der Waals surface area contributed by atoms with Crippen LogP contribution >= 0.6 is 0 Å². The molecule has 0 aliphatic carbocycles. The summed E-state index contributed by atoms with van der Waals surface area (Å²) < 4.78 is 1.99. The number of imidazole rings is 1. The molecule has 1 heterocycles. The lowest BCUT2D eigenvalue weighted by atomic mass is 10.1. The average molecular weight is 351 g/mol.